The Kier molecular flexibility index (Phi) is 11.2. The number of aromatic carboxylic acids is 1. The molecular formula is C47H47N11O4. The Balaban J connectivity index is 0.000000184. The average Bonchev–Trinajstić information content (AvgIpc) is 4.02. The maximum atomic E-state index is 13.1. The lowest BCUT2D eigenvalue weighted by Crippen LogP contribution is -2.47. The van der Waals surface area contributed by atoms with Gasteiger partial charge in [-0.1, -0.05) is 6.07 Å². The predicted molar refractivity (Wildman–Crippen MR) is 239 cm³/mol. The first kappa shape index (κ1) is 41.2. The molecular weight excluding hydrogens is 783 g/mol. The molecule has 8 aromatic rings. The van der Waals surface area contributed by atoms with E-state index < -0.39 is 5.97 Å². The van der Waals surface area contributed by atoms with E-state index in [4.69, 9.17) is 10.1 Å². The van der Waals surface area contributed by atoms with Gasteiger partial charge in [0.05, 0.1) is 27.6 Å². The zero-order valence-electron chi connectivity index (χ0n) is 35.6. The highest BCUT2D eigenvalue weighted by Crippen LogP contribution is 2.32. The van der Waals surface area contributed by atoms with Crippen molar-refractivity contribution in [3.63, 3.8) is 0 Å². The summed E-state index contributed by atoms with van der Waals surface area (Å²) in [6, 6.07) is 24.1. The van der Waals surface area contributed by atoms with Crippen LogP contribution in [0.25, 0.3) is 56.2 Å². The number of tetrazole rings is 1. The van der Waals surface area contributed by atoms with Gasteiger partial charge < -0.3 is 30.2 Å². The molecule has 0 aliphatic carbocycles. The number of nitrogens with zero attached hydrogens (tertiary/aromatic N) is 7. The number of amides is 2. The van der Waals surface area contributed by atoms with Crippen LogP contribution in [0.15, 0.2) is 78.9 Å². The van der Waals surface area contributed by atoms with Crippen molar-refractivity contribution in [3.05, 3.63) is 129 Å². The second kappa shape index (κ2) is 16.9. The third-order valence-electron chi connectivity index (χ3n) is 11.4. The van der Waals surface area contributed by atoms with E-state index in [1.54, 1.807) is 24.3 Å². The number of nitrogens with one attached hydrogen (secondary N) is 4. The van der Waals surface area contributed by atoms with Gasteiger partial charge in [0.1, 0.15) is 11.6 Å². The van der Waals surface area contributed by atoms with E-state index in [-0.39, 0.29) is 17.4 Å². The smallest absolute Gasteiger partial charge is 0.335 e. The normalized spacial score (nSPS) is 13.0. The summed E-state index contributed by atoms with van der Waals surface area (Å²) in [4.78, 5) is 57.3. The highest BCUT2D eigenvalue weighted by atomic mass is 16.4. The minimum atomic E-state index is -0.963. The predicted octanol–water partition coefficient (Wildman–Crippen LogP) is 7.83. The Hall–Kier alpha value is -7.52. The Labute approximate surface area is 357 Å². The van der Waals surface area contributed by atoms with E-state index in [0.29, 0.717) is 28.3 Å². The maximum Gasteiger partial charge on any atom is 0.335 e. The zero-order chi connectivity index (χ0) is 43.8. The van der Waals surface area contributed by atoms with Gasteiger partial charge in [0.15, 0.2) is 0 Å². The summed E-state index contributed by atoms with van der Waals surface area (Å²) < 4.78 is 0. The topological polar surface area (TPSA) is 202 Å². The molecule has 0 saturated carbocycles. The summed E-state index contributed by atoms with van der Waals surface area (Å²) in [6.45, 7) is 15.4. The summed E-state index contributed by atoms with van der Waals surface area (Å²) in [5.74, 6) is 0.918. The Morgan fingerprint density at radius 1 is 0.629 bits per heavy atom. The SMILES string of the molecule is Cc1cc(-c2nn[nH]n2)cc(C)c1-c1nc2ccc(C(=O)O)cc2[nH]1.Cc1ccc(NC(=O)c2ccc3nc(-c4c(C)cc(C(=O)N5CCN(C)CC5)cc4C)[nH]c3c2)cc1C. The van der Waals surface area contributed by atoms with Gasteiger partial charge in [-0.15, -0.1) is 10.2 Å². The van der Waals surface area contributed by atoms with E-state index in [1.165, 1.54) is 5.56 Å². The third kappa shape index (κ3) is 8.43. The molecule has 2 amide bonds. The second-order valence-corrected chi connectivity index (χ2v) is 16.0. The molecule has 5 N–H and O–H groups in total. The lowest BCUT2D eigenvalue weighted by atomic mass is 9.98. The quantitative estimate of drug-likeness (QED) is 0.105. The summed E-state index contributed by atoms with van der Waals surface area (Å²) >= 11 is 0. The highest BCUT2D eigenvalue weighted by molar-refractivity contribution is 6.06. The maximum absolute atomic E-state index is 13.1. The molecule has 1 aliphatic rings. The lowest BCUT2D eigenvalue weighted by Gasteiger charge is -2.32. The monoisotopic (exact) mass is 829 g/mol. The number of hydrogen-bond acceptors (Lipinski definition) is 9. The van der Waals surface area contributed by atoms with Crippen LogP contribution in [-0.2, 0) is 0 Å². The minimum Gasteiger partial charge on any atom is -0.478 e. The molecule has 3 aromatic heterocycles. The number of carboxylic acid groups (broad SMARTS) is 1. The van der Waals surface area contributed by atoms with Crippen LogP contribution in [0.3, 0.4) is 0 Å². The molecule has 62 heavy (non-hydrogen) atoms. The summed E-state index contributed by atoms with van der Waals surface area (Å²) in [7, 11) is 2.08. The van der Waals surface area contributed by atoms with Gasteiger partial charge in [0.2, 0.25) is 5.82 Å². The molecule has 15 heteroatoms. The van der Waals surface area contributed by atoms with Gasteiger partial charge >= 0.3 is 5.97 Å². The van der Waals surface area contributed by atoms with E-state index >= 15 is 0 Å². The van der Waals surface area contributed by atoms with Crippen molar-refractivity contribution in [3.8, 4) is 34.2 Å². The van der Waals surface area contributed by atoms with Crippen molar-refractivity contribution in [1.29, 1.82) is 0 Å². The van der Waals surface area contributed by atoms with Gasteiger partial charge in [-0.2, -0.15) is 5.21 Å². The molecule has 0 atom stereocenters. The van der Waals surface area contributed by atoms with Crippen LogP contribution in [0, 0.1) is 41.5 Å². The van der Waals surface area contributed by atoms with E-state index in [9.17, 15) is 14.4 Å². The van der Waals surface area contributed by atoms with Crippen molar-refractivity contribution in [2.75, 3.05) is 38.5 Å². The molecule has 0 unspecified atom stereocenters. The number of rotatable bonds is 7. The van der Waals surface area contributed by atoms with E-state index in [0.717, 1.165) is 98.7 Å². The molecule has 314 valence electrons. The molecule has 0 bridgehead atoms. The summed E-state index contributed by atoms with van der Waals surface area (Å²) in [6.07, 6.45) is 0. The summed E-state index contributed by atoms with van der Waals surface area (Å²) in [5.41, 5.74) is 14.4. The minimum absolute atomic E-state index is 0.0786. The number of hydrogen-bond donors (Lipinski definition) is 5. The molecule has 0 radical (unpaired) electrons. The average molecular weight is 830 g/mol. The fraction of sp³-hybridized carbons (Fsp3) is 0.234. The van der Waals surface area contributed by atoms with E-state index in [1.807, 2.05) is 101 Å². The molecule has 0 spiro atoms. The second-order valence-electron chi connectivity index (χ2n) is 16.0. The molecule has 5 aromatic carbocycles. The van der Waals surface area contributed by atoms with Crippen molar-refractivity contribution in [2.45, 2.75) is 41.5 Å². The van der Waals surface area contributed by atoms with Gasteiger partial charge in [0.25, 0.3) is 11.8 Å². The number of H-pyrrole nitrogens is 3. The number of imidazole rings is 2. The van der Waals surface area contributed by atoms with Crippen LogP contribution in [0.2, 0.25) is 0 Å². The van der Waals surface area contributed by atoms with Gasteiger partial charge in [-0.3, -0.25) is 9.59 Å². The summed E-state index contributed by atoms with van der Waals surface area (Å²) in [5, 5.41) is 26.2. The Bertz CT molecular complexity index is 2970. The fourth-order valence-electron chi connectivity index (χ4n) is 7.96. The molecule has 9 rings (SSSR count). The van der Waals surface area contributed by atoms with Gasteiger partial charge in [0, 0.05) is 59.7 Å². The number of aromatic amines is 3. The standard InChI is InChI=1S/C30H33N5O2.C17H14N6O2/c1-18-6-8-24(16-19(18)2)31-29(36)22-7-9-25-26(17-22)33-28(32-25)27-20(3)14-23(15-21(27)4)30(37)35-12-10-34(5)11-13-35;1-8-5-11(15-20-22-23-21-15)6-9(2)14(8)16-18-12-4-3-10(17(24)25)7-13(12)19-16/h6-9,14-17H,10-13H2,1-5H3,(H,31,36)(H,32,33);3-7H,1-2H3,(H,18,19)(H,24,25)(H,20,21,22,23). The van der Waals surface area contributed by atoms with Crippen molar-refractivity contribution < 1.29 is 19.5 Å². The number of carbonyl (C=O) groups excluding carboxylic acids is 2. The van der Waals surface area contributed by atoms with Crippen LogP contribution in [0.1, 0.15) is 64.5 Å². The molecule has 15 nitrogen and oxygen atoms in total. The zero-order valence-corrected chi connectivity index (χ0v) is 35.6. The molecule has 1 saturated heterocycles. The van der Waals surface area contributed by atoms with Gasteiger partial charge in [-0.05, 0) is 160 Å². The Morgan fingerprint density at radius 3 is 1.74 bits per heavy atom. The van der Waals surface area contributed by atoms with Crippen LogP contribution < -0.4 is 5.32 Å². The number of fused-ring (bicyclic) bond motifs is 2. The van der Waals surface area contributed by atoms with Crippen LogP contribution in [0.5, 0.6) is 0 Å². The number of piperazine rings is 1. The molecule has 1 fully saturated rings. The Morgan fingerprint density at radius 2 is 1.19 bits per heavy atom. The third-order valence-corrected chi connectivity index (χ3v) is 11.4. The molecule has 1 aliphatic heterocycles. The van der Waals surface area contributed by atoms with Gasteiger partial charge in [-0.25, -0.2) is 14.8 Å². The first-order chi connectivity index (χ1) is 29.7. The van der Waals surface area contributed by atoms with Crippen LogP contribution in [-0.4, -0.2) is 106 Å². The van der Waals surface area contributed by atoms with Crippen LogP contribution in [0.4, 0.5) is 5.69 Å². The number of aryl methyl sites for hydroxylation is 6. The van der Waals surface area contributed by atoms with Crippen molar-refractivity contribution >= 4 is 45.5 Å². The lowest BCUT2D eigenvalue weighted by molar-refractivity contribution is 0.0661. The number of carbonyl (C=O) groups is 3. The first-order valence-electron chi connectivity index (χ1n) is 20.3. The largest absolute Gasteiger partial charge is 0.478 e. The van der Waals surface area contributed by atoms with Crippen molar-refractivity contribution in [2.24, 2.45) is 0 Å². The van der Waals surface area contributed by atoms with Crippen LogP contribution >= 0.6 is 0 Å². The first-order valence-corrected chi connectivity index (χ1v) is 20.3. The number of anilines is 1. The van der Waals surface area contributed by atoms with Crippen molar-refractivity contribution in [1.82, 2.24) is 50.4 Å². The number of carboxylic acids is 1. The van der Waals surface area contributed by atoms with E-state index in [2.05, 4.69) is 52.8 Å². The number of likely N-dealkylation sites (N-methyl/N-ethyl adjacent to an activating group) is 1. The number of benzene rings is 5. The molecule has 4 heterocycles. The number of aromatic nitrogens is 8. The fourth-order valence-corrected chi connectivity index (χ4v) is 7.96. The highest BCUT2D eigenvalue weighted by Gasteiger charge is 2.23.